The molecule has 0 radical (unpaired) electrons. The third kappa shape index (κ3) is 4.56. The van der Waals surface area contributed by atoms with E-state index >= 15 is 0 Å². The number of rotatable bonds is 6. The number of nitrogens with one attached hydrogen (secondary N) is 1. The van der Waals surface area contributed by atoms with Gasteiger partial charge in [-0.2, -0.15) is 0 Å². The van der Waals surface area contributed by atoms with Crippen molar-refractivity contribution in [3.8, 4) is 0 Å². The van der Waals surface area contributed by atoms with Gasteiger partial charge in [0.15, 0.2) is 0 Å². The summed E-state index contributed by atoms with van der Waals surface area (Å²) >= 11 is 5.72. The molecule has 1 rings (SSSR count). The Bertz CT molecular complexity index is 546. The highest BCUT2D eigenvalue weighted by atomic mass is 35.5. The number of benzene rings is 1. The van der Waals surface area contributed by atoms with E-state index in [4.69, 9.17) is 17.3 Å². The SMILES string of the molecule is CS(=O)CCCNS(=O)(=O)c1ccc(Cl)c(N)c1. The Balaban J connectivity index is 2.68. The lowest BCUT2D eigenvalue weighted by atomic mass is 10.3. The fourth-order valence-electron chi connectivity index (χ4n) is 1.25. The lowest BCUT2D eigenvalue weighted by Gasteiger charge is -2.07. The van der Waals surface area contributed by atoms with Gasteiger partial charge in [0.2, 0.25) is 10.0 Å². The molecule has 0 aliphatic heterocycles. The van der Waals surface area contributed by atoms with Crippen LogP contribution in [0.2, 0.25) is 5.02 Å². The zero-order chi connectivity index (χ0) is 13.8. The maximum Gasteiger partial charge on any atom is 0.240 e. The van der Waals surface area contributed by atoms with E-state index in [-0.39, 0.29) is 17.1 Å². The monoisotopic (exact) mass is 310 g/mol. The third-order valence-corrected chi connectivity index (χ3v) is 4.84. The molecule has 1 aromatic carbocycles. The molecule has 0 bridgehead atoms. The Hall–Kier alpha value is -0.630. The molecule has 1 aromatic rings. The molecular formula is C10H15ClN2O3S2. The first kappa shape index (κ1) is 15.4. The molecule has 18 heavy (non-hydrogen) atoms. The van der Waals surface area contributed by atoms with Crippen molar-refractivity contribution in [3.05, 3.63) is 23.2 Å². The Morgan fingerprint density at radius 3 is 2.67 bits per heavy atom. The number of sulfonamides is 1. The first-order valence-electron chi connectivity index (χ1n) is 5.17. The second-order valence-electron chi connectivity index (χ2n) is 3.71. The summed E-state index contributed by atoms with van der Waals surface area (Å²) in [5.41, 5.74) is 5.76. The fourth-order valence-corrected chi connectivity index (χ4v) is 3.03. The fraction of sp³-hybridized carbons (Fsp3) is 0.400. The van der Waals surface area contributed by atoms with E-state index in [0.29, 0.717) is 17.2 Å². The molecule has 0 saturated heterocycles. The smallest absolute Gasteiger partial charge is 0.240 e. The number of anilines is 1. The van der Waals surface area contributed by atoms with Crippen LogP contribution >= 0.6 is 11.6 Å². The second kappa shape index (κ2) is 6.51. The molecule has 102 valence electrons. The Labute approximate surface area is 114 Å². The summed E-state index contributed by atoms with van der Waals surface area (Å²) in [4.78, 5) is 0.0713. The quantitative estimate of drug-likeness (QED) is 0.605. The molecule has 0 aliphatic carbocycles. The molecule has 0 aromatic heterocycles. The number of nitrogens with two attached hydrogens (primary N) is 1. The maximum absolute atomic E-state index is 11.9. The molecule has 0 spiro atoms. The minimum atomic E-state index is -3.59. The van der Waals surface area contributed by atoms with Crippen molar-refractivity contribution in [2.24, 2.45) is 0 Å². The Morgan fingerprint density at radius 2 is 2.11 bits per heavy atom. The van der Waals surface area contributed by atoms with Gasteiger partial charge in [-0.05, 0) is 24.6 Å². The highest BCUT2D eigenvalue weighted by molar-refractivity contribution is 7.89. The van der Waals surface area contributed by atoms with E-state index in [1.807, 2.05) is 0 Å². The van der Waals surface area contributed by atoms with Crippen molar-refractivity contribution in [2.45, 2.75) is 11.3 Å². The first-order chi connectivity index (χ1) is 8.33. The van der Waals surface area contributed by atoms with Crippen LogP contribution in [-0.4, -0.2) is 31.2 Å². The van der Waals surface area contributed by atoms with E-state index in [2.05, 4.69) is 4.72 Å². The Morgan fingerprint density at radius 1 is 1.44 bits per heavy atom. The van der Waals surface area contributed by atoms with E-state index in [9.17, 15) is 12.6 Å². The maximum atomic E-state index is 11.9. The van der Waals surface area contributed by atoms with E-state index in [1.165, 1.54) is 18.2 Å². The molecule has 1 atom stereocenters. The van der Waals surface area contributed by atoms with Gasteiger partial charge in [0.1, 0.15) is 0 Å². The molecule has 0 fully saturated rings. The van der Waals surface area contributed by atoms with Crippen LogP contribution in [0.3, 0.4) is 0 Å². The van der Waals surface area contributed by atoms with Crippen LogP contribution in [0.1, 0.15) is 6.42 Å². The molecule has 5 nitrogen and oxygen atoms in total. The molecule has 0 heterocycles. The molecular weight excluding hydrogens is 296 g/mol. The van der Waals surface area contributed by atoms with Gasteiger partial charge in [0.25, 0.3) is 0 Å². The zero-order valence-electron chi connectivity index (χ0n) is 9.85. The van der Waals surface area contributed by atoms with Crippen molar-refractivity contribution >= 4 is 38.1 Å². The minimum absolute atomic E-state index is 0.0713. The van der Waals surface area contributed by atoms with Crippen molar-refractivity contribution < 1.29 is 12.6 Å². The summed E-state index contributed by atoms with van der Waals surface area (Å²) < 4.78 is 36.9. The van der Waals surface area contributed by atoms with Crippen LogP contribution in [-0.2, 0) is 20.8 Å². The lowest BCUT2D eigenvalue weighted by molar-refractivity contribution is 0.580. The van der Waals surface area contributed by atoms with Gasteiger partial charge in [-0.15, -0.1) is 0 Å². The summed E-state index contributed by atoms with van der Waals surface area (Å²) in [7, 11) is -4.50. The first-order valence-corrected chi connectivity index (χ1v) is 8.76. The average molecular weight is 311 g/mol. The van der Waals surface area contributed by atoms with Gasteiger partial charge in [-0.3, -0.25) is 4.21 Å². The second-order valence-corrected chi connectivity index (χ2v) is 7.44. The molecule has 0 amide bonds. The summed E-state index contributed by atoms with van der Waals surface area (Å²) in [6, 6.07) is 4.13. The summed E-state index contributed by atoms with van der Waals surface area (Å²) in [6.07, 6.45) is 2.10. The van der Waals surface area contributed by atoms with Crippen LogP contribution in [0, 0.1) is 0 Å². The predicted octanol–water partition coefficient (Wildman–Crippen LogP) is 0.969. The van der Waals surface area contributed by atoms with Crippen molar-refractivity contribution in [3.63, 3.8) is 0 Å². The minimum Gasteiger partial charge on any atom is -0.397 e. The molecule has 1 unspecified atom stereocenters. The highest BCUT2D eigenvalue weighted by Gasteiger charge is 2.14. The summed E-state index contributed by atoms with van der Waals surface area (Å²) in [5.74, 6) is 0.464. The van der Waals surface area contributed by atoms with E-state index < -0.39 is 20.8 Å². The molecule has 0 aliphatic rings. The number of nitrogen functional groups attached to an aromatic ring is 1. The van der Waals surface area contributed by atoms with Gasteiger partial charge in [-0.25, -0.2) is 13.1 Å². The van der Waals surface area contributed by atoms with E-state index in [1.54, 1.807) is 6.26 Å². The normalized spacial score (nSPS) is 13.4. The van der Waals surface area contributed by atoms with E-state index in [0.717, 1.165) is 0 Å². The van der Waals surface area contributed by atoms with Crippen LogP contribution in [0.25, 0.3) is 0 Å². The third-order valence-electron chi connectivity index (χ3n) is 2.18. The van der Waals surface area contributed by atoms with Crippen molar-refractivity contribution in [2.75, 3.05) is 24.3 Å². The van der Waals surface area contributed by atoms with Crippen LogP contribution in [0.5, 0.6) is 0 Å². The Kier molecular flexibility index (Phi) is 5.58. The standard InChI is InChI=1S/C10H15ClN2O3S2/c1-17(14)6-2-5-13-18(15,16)8-3-4-9(11)10(12)7-8/h3-4,7,13H,2,5-6,12H2,1H3. The summed E-state index contributed by atoms with van der Waals surface area (Å²) in [5, 5.41) is 0.315. The van der Waals surface area contributed by atoms with Crippen LogP contribution in [0.15, 0.2) is 23.1 Å². The lowest BCUT2D eigenvalue weighted by Crippen LogP contribution is -2.25. The van der Waals surface area contributed by atoms with Crippen LogP contribution < -0.4 is 10.5 Å². The molecule has 8 heteroatoms. The van der Waals surface area contributed by atoms with Gasteiger partial charge in [-0.1, -0.05) is 11.6 Å². The van der Waals surface area contributed by atoms with Crippen molar-refractivity contribution in [1.82, 2.24) is 4.72 Å². The number of hydrogen-bond acceptors (Lipinski definition) is 4. The predicted molar refractivity (Wildman–Crippen MR) is 74.6 cm³/mol. The zero-order valence-corrected chi connectivity index (χ0v) is 12.2. The molecule has 0 saturated carbocycles. The molecule has 3 N–H and O–H groups in total. The topological polar surface area (TPSA) is 89.3 Å². The van der Waals surface area contributed by atoms with Gasteiger partial charge >= 0.3 is 0 Å². The van der Waals surface area contributed by atoms with Gasteiger partial charge in [0.05, 0.1) is 15.6 Å². The van der Waals surface area contributed by atoms with Gasteiger partial charge < -0.3 is 5.73 Å². The largest absolute Gasteiger partial charge is 0.397 e. The summed E-state index contributed by atoms with van der Waals surface area (Å²) in [6.45, 7) is 0.241. The number of hydrogen-bond donors (Lipinski definition) is 2. The van der Waals surface area contributed by atoms with Crippen molar-refractivity contribution in [1.29, 1.82) is 0 Å². The van der Waals surface area contributed by atoms with Gasteiger partial charge in [0, 0.05) is 29.4 Å². The number of halogens is 1. The van der Waals surface area contributed by atoms with Crippen LogP contribution in [0.4, 0.5) is 5.69 Å². The highest BCUT2D eigenvalue weighted by Crippen LogP contribution is 2.21. The average Bonchev–Trinajstić information content (AvgIpc) is 2.28.